The van der Waals surface area contributed by atoms with Gasteiger partial charge in [-0.05, 0) is 59.9 Å². The van der Waals surface area contributed by atoms with Crippen molar-refractivity contribution in [2.45, 2.75) is 50.1 Å². The zero-order chi connectivity index (χ0) is 24.8. The number of piperidine rings is 1. The summed E-state index contributed by atoms with van der Waals surface area (Å²) in [7, 11) is 0. The summed E-state index contributed by atoms with van der Waals surface area (Å²) in [6.07, 6.45) is 4.10. The van der Waals surface area contributed by atoms with Gasteiger partial charge in [0.2, 0.25) is 5.91 Å². The maximum atomic E-state index is 13.4. The molecule has 2 aliphatic rings. The SMILES string of the molecule is CSCC[C@@H](NC(=O)OCC1c2ccccc2-c2ccccc21)C(=O)N1CCCC[C@H]1CC(=O)O. The van der Waals surface area contributed by atoms with Crippen LogP contribution >= 0.6 is 11.8 Å². The van der Waals surface area contributed by atoms with Crippen LogP contribution in [0.3, 0.4) is 0 Å². The molecule has 7 nitrogen and oxygen atoms in total. The van der Waals surface area contributed by atoms with Gasteiger partial charge in [-0.2, -0.15) is 11.8 Å². The van der Waals surface area contributed by atoms with Crippen molar-refractivity contribution in [3.05, 3.63) is 59.7 Å². The molecule has 2 N–H and O–H groups in total. The fraction of sp³-hybridized carbons (Fsp3) is 0.444. The number of thioether (sulfide) groups is 1. The molecule has 8 heteroatoms. The minimum Gasteiger partial charge on any atom is -0.481 e. The average molecular weight is 497 g/mol. The van der Waals surface area contributed by atoms with Crippen molar-refractivity contribution in [3.63, 3.8) is 0 Å². The van der Waals surface area contributed by atoms with E-state index < -0.39 is 18.1 Å². The summed E-state index contributed by atoms with van der Waals surface area (Å²) in [5, 5.41) is 12.1. The normalized spacial score (nSPS) is 17.9. The lowest BCUT2D eigenvalue weighted by molar-refractivity contribution is -0.142. The smallest absolute Gasteiger partial charge is 0.407 e. The van der Waals surface area contributed by atoms with E-state index in [1.807, 2.05) is 30.5 Å². The number of nitrogens with zero attached hydrogens (tertiary/aromatic N) is 1. The van der Waals surface area contributed by atoms with Crippen molar-refractivity contribution in [1.29, 1.82) is 0 Å². The first-order valence-corrected chi connectivity index (χ1v) is 13.5. The van der Waals surface area contributed by atoms with Gasteiger partial charge < -0.3 is 20.1 Å². The first-order valence-electron chi connectivity index (χ1n) is 12.1. The van der Waals surface area contributed by atoms with Crippen LogP contribution < -0.4 is 5.32 Å². The second-order valence-electron chi connectivity index (χ2n) is 9.08. The Morgan fingerprint density at radius 1 is 1.09 bits per heavy atom. The number of hydrogen-bond acceptors (Lipinski definition) is 5. The van der Waals surface area contributed by atoms with Crippen LogP contribution in [0.4, 0.5) is 4.79 Å². The zero-order valence-corrected chi connectivity index (χ0v) is 20.8. The number of benzene rings is 2. The van der Waals surface area contributed by atoms with Gasteiger partial charge in [0.1, 0.15) is 12.6 Å². The molecule has 2 atom stereocenters. The zero-order valence-electron chi connectivity index (χ0n) is 19.9. The molecular weight excluding hydrogens is 464 g/mol. The van der Waals surface area contributed by atoms with Crippen molar-refractivity contribution in [2.75, 3.05) is 25.2 Å². The molecule has 0 saturated carbocycles. The second kappa shape index (κ2) is 11.6. The predicted molar refractivity (Wildman–Crippen MR) is 137 cm³/mol. The molecule has 2 aromatic rings. The summed E-state index contributed by atoms with van der Waals surface area (Å²) in [6.45, 7) is 0.688. The Labute approximate surface area is 210 Å². The van der Waals surface area contributed by atoms with E-state index in [0.29, 0.717) is 25.1 Å². The Balaban J connectivity index is 1.43. The van der Waals surface area contributed by atoms with E-state index in [1.54, 1.807) is 16.7 Å². The lowest BCUT2D eigenvalue weighted by atomic mass is 9.98. The molecule has 35 heavy (non-hydrogen) atoms. The van der Waals surface area contributed by atoms with E-state index >= 15 is 0 Å². The van der Waals surface area contributed by atoms with Crippen molar-refractivity contribution in [3.8, 4) is 11.1 Å². The third-order valence-corrected chi connectivity index (χ3v) is 7.51. The van der Waals surface area contributed by atoms with Crippen LogP contribution in [0.15, 0.2) is 48.5 Å². The van der Waals surface area contributed by atoms with Gasteiger partial charge in [-0.15, -0.1) is 0 Å². The highest BCUT2D eigenvalue weighted by molar-refractivity contribution is 7.98. The number of carboxylic acids is 1. The fourth-order valence-electron chi connectivity index (χ4n) is 5.18. The van der Waals surface area contributed by atoms with Gasteiger partial charge in [-0.1, -0.05) is 48.5 Å². The molecular formula is C27H32N2O5S. The number of nitrogens with one attached hydrogen (secondary N) is 1. The average Bonchev–Trinajstić information content (AvgIpc) is 3.18. The molecule has 1 saturated heterocycles. The van der Waals surface area contributed by atoms with Crippen LogP contribution in [0.5, 0.6) is 0 Å². The third-order valence-electron chi connectivity index (χ3n) is 6.86. The molecule has 1 heterocycles. The van der Waals surface area contributed by atoms with E-state index in [2.05, 4.69) is 29.6 Å². The molecule has 0 bridgehead atoms. The van der Waals surface area contributed by atoms with Crippen LogP contribution in [0.1, 0.15) is 49.1 Å². The predicted octanol–water partition coefficient (Wildman–Crippen LogP) is 4.50. The maximum Gasteiger partial charge on any atom is 0.407 e. The highest BCUT2D eigenvalue weighted by atomic mass is 32.2. The van der Waals surface area contributed by atoms with Gasteiger partial charge in [0, 0.05) is 18.5 Å². The molecule has 0 unspecified atom stereocenters. The van der Waals surface area contributed by atoms with Crippen LogP contribution in [0, 0.1) is 0 Å². The first kappa shape index (κ1) is 25.1. The second-order valence-corrected chi connectivity index (χ2v) is 10.1. The van der Waals surface area contributed by atoms with E-state index in [-0.39, 0.29) is 30.9 Å². The number of amides is 2. The van der Waals surface area contributed by atoms with Gasteiger partial charge in [0.15, 0.2) is 0 Å². The molecule has 1 aliphatic carbocycles. The lowest BCUT2D eigenvalue weighted by Crippen LogP contribution is -2.54. The van der Waals surface area contributed by atoms with Gasteiger partial charge >= 0.3 is 12.1 Å². The monoisotopic (exact) mass is 496 g/mol. The molecule has 0 spiro atoms. The standard InChI is InChI=1S/C27H32N2O5S/c1-35-15-13-24(26(32)29-14-7-6-8-18(29)16-25(30)31)28-27(33)34-17-23-21-11-4-2-9-19(21)20-10-3-5-12-22(20)23/h2-5,9-12,18,23-24H,6-8,13-17H2,1H3,(H,28,33)(H,30,31)/t18-,24+/m0/s1. The van der Waals surface area contributed by atoms with Crippen LogP contribution in [-0.4, -0.2) is 65.2 Å². The quantitative estimate of drug-likeness (QED) is 0.531. The lowest BCUT2D eigenvalue weighted by Gasteiger charge is -2.37. The first-order chi connectivity index (χ1) is 17.0. The molecule has 2 amide bonds. The topological polar surface area (TPSA) is 95.9 Å². The summed E-state index contributed by atoms with van der Waals surface area (Å²) in [6, 6.07) is 15.2. The number of carbonyl (C=O) groups excluding carboxylic acids is 2. The number of likely N-dealkylation sites (tertiary alicyclic amines) is 1. The Hall–Kier alpha value is -3.00. The Morgan fingerprint density at radius 3 is 2.37 bits per heavy atom. The highest BCUT2D eigenvalue weighted by Crippen LogP contribution is 2.44. The number of aliphatic carboxylic acids is 1. The van der Waals surface area contributed by atoms with E-state index in [4.69, 9.17) is 4.74 Å². The van der Waals surface area contributed by atoms with E-state index in [9.17, 15) is 19.5 Å². The number of hydrogen-bond donors (Lipinski definition) is 2. The summed E-state index contributed by atoms with van der Waals surface area (Å²) < 4.78 is 5.66. The van der Waals surface area contributed by atoms with Crippen molar-refractivity contribution >= 4 is 29.7 Å². The van der Waals surface area contributed by atoms with Crippen LogP contribution in [0.2, 0.25) is 0 Å². The molecule has 1 aliphatic heterocycles. The summed E-state index contributed by atoms with van der Waals surface area (Å²) in [4.78, 5) is 39.2. The minimum absolute atomic E-state index is 0.0597. The van der Waals surface area contributed by atoms with Crippen molar-refractivity contribution in [2.24, 2.45) is 0 Å². The van der Waals surface area contributed by atoms with Gasteiger partial charge in [-0.25, -0.2) is 4.79 Å². The maximum absolute atomic E-state index is 13.4. The molecule has 0 radical (unpaired) electrons. The summed E-state index contributed by atoms with van der Waals surface area (Å²) >= 11 is 1.59. The van der Waals surface area contributed by atoms with E-state index in [0.717, 1.165) is 35.1 Å². The highest BCUT2D eigenvalue weighted by Gasteiger charge is 2.34. The molecule has 1 fully saturated rings. The van der Waals surface area contributed by atoms with Crippen LogP contribution in [0.25, 0.3) is 11.1 Å². The third kappa shape index (κ3) is 5.81. The number of fused-ring (bicyclic) bond motifs is 3. The number of carboxylic acid groups (broad SMARTS) is 1. The number of ether oxygens (including phenoxy) is 1. The molecule has 0 aromatic heterocycles. The van der Waals surface area contributed by atoms with E-state index in [1.165, 1.54) is 0 Å². The Morgan fingerprint density at radius 2 is 1.74 bits per heavy atom. The van der Waals surface area contributed by atoms with Gasteiger partial charge in [-0.3, -0.25) is 9.59 Å². The Bertz CT molecular complexity index is 1030. The van der Waals surface area contributed by atoms with Crippen LogP contribution in [-0.2, 0) is 14.3 Å². The largest absolute Gasteiger partial charge is 0.481 e. The number of rotatable bonds is 9. The van der Waals surface area contributed by atoms with Crippen molar-refractivity contribution < 1.29 is 24.2 Å². The molecule has 186 valence electrons. The Kier molecular flexibility index (Phi) is 8.33. The number of carbonyl (C=O) groups is 3. The molecule has 4 rings (SSSR count). The van der Waals surface area contributed by atoms with Gasteiger partial charge in [0.25, 0.3) is 0 Å². The van der Waals surface area contributed by atoms with Crippen molar-refractivity contribution in [1.82, 2.24) is 10.2 Å². The van der Waals surface area contributed by atoms with Gasteiger partial charge in [0.05, 0.1) is 6.42 Å². The fourth-order valence-corrected chi connectivity index (χ4v) is 5.65. The number of alkyl carbamates (subject to hydrolysis) is 1. The summed E-state index contributed by atoms with van der Waals surface area (Å²) in [5.41, 5.74) is 4.56. The summed E-state index contributed by atoms with van der Waals surface area (Å²) in [5.74, 6) is -0.508. The molecule has 2 aromatic carbocycles. The minimum atomic E-state index is -0.917.